The van der Waals surface area contributed by atoms with Crippen molar-refractivity contribution in [3.05, 3.63) is 35.4 Å². The number of urea groups is 1. The monoisotopic (exact) mass is 272 g/mol. The van der Waals surface area contributed by atoms with Gasteiger partial charge in [-0.3, -0.25) is 0 Å². The lowest BCUT2D eigenvalue weighted by Crippen LogP contribution is -2.39. The number of carboxylic acid groups (broad SMARTS) is 1. The molecule has 104 valence electrons. The lowest BCUT2D eigenvalue weighted by molar-refractivity contribution is 0.0695. The molecule has 1 rings (SSSR count). The van der Waals surface area contributed by atoms with E-state index in [0.29, 0.717) is 12.0 Å². The van der Waals surface area contributed by atoms with E-state index in [1.54, 1.807) is 18.2 Å². The highest BCUT2D eigenvalue weighted by Gasteiger charge is 2.09. The average Bonchev–Trinajstić information content (AvgIpc) is 2.36. The first-order chi connectivity index (χ1) is 9.00. The molecule has 0 fully saturated rings. The normalized spacial score (nSPS) is 10.3. The Morgan fingerprint density at radius 2 is 1.89 bits per heavy atom. The summed E-state index contributed by atoms with van der Waals surface area (Å²) in [6.07, 6.45) is -2.29. The van der Waals surface area contributed by atoms with Gasteiger partial charge in [-0.15, -0.1) is 0 Å². The number of carboxylic acids is 1. The van der Waals surface area contributed by atoms with Gasteiger partial charge in [0, 0.05) is 6.54 Å². The third-order valence-corrected chi connectivity index (χ3v) is 2.34. The molecule has 2 amide bonds. The summed E-state index contributed by atoms with van der Waals surface area (Å²) in [5.74, 6) is -1.04. The summed E-state index contributed by atoms with van der Waals surface area (Å²) in [5, 5.41) is 13.3. The maximum Gasteiger partial charge on any atom is 0.335 e. The molecule has 1 aromatic rings. The maximum atomic E-state index is 11.8. The van der Waals surface area contributed by atoms with Crippen molar-refractivity contribution >= 4 is 12.0 Å². The number of carbonyl (C=O) groups is 2. The molecule has 19 heavy (non-hydrogen) atoms. The van der Waals surface area contributed by atoms with Crippen LogP contribution in [0.15, 0.2) is 24.3 Å². The van der Waals surface area contributed by atoms with Gasteiger partial charge in [-0.2, -0.15) is 0 Å². The van der Waals surface area contributed by atoms with Crippen LogP contribution in [0.3, 0.4) is 0 Å². The zero-order valence-electron chi connectivity index (χ0n) is 10.0. The molecule has 0 bridgehead atoms. The Morgan fingerprint density at radius 1 is 1.21 bits per heavy atom. The molecule has 0 aliphatic carbocycles. The van der Waals surface area contributed by atoms with Crippen molar-refractivity contribution in [2.75, 3.05) is 13.1 Å². The van der Waals surface area contributed by atoms with Crippen LogP contribution in [0.4, 0.5) is 13.6 Å². The number of rotatable bonds is 6. The molecule has 1 aromatic carbocycles. The number of amides is 2. The van der Waals surface area contributed by atoms with Crippen LogP contribution in [0.5, 0.6) is 0 Å². The lowest BCUT2D eigenvalue weighted by Gasteiger charge is -2.08. The molecule has 0 heterocycles. The number of carbonyl (C=O) groups excluding carboxylic acids is 1. The molecule has 0 aliphatic rings. The van der Waals surface area contributed by atoms with Crippen molar-refractivity contribution in [1.82, 2.24) is 10.6 Å². The van der Waals surface area contributed by atoms with Gasteiger partial charge in [0.25, 0.3) is 6.43 Å². The SMILES string of the molecule is O=C(NCCc1ccccc1C(=O)O)NCC(F)F. The minimum Gasteiger partial charge on any atom is -0.478 e. The summed E-state index contributed by atoms with van der Waals surface area (Å²) in [5.41, 5.74) is 0.737. The van der Waals surface area contributed by atoms with E-state index in [1.165, 1.54) is 6.07 Å². The standard InChI is InChI=1S/C12H14F2N2O3/c13-10(14)7-16-12(19)15-6-5-8-3-1-2-4-9(8)11(17)18/h1-4,10H,5-7H2,(H,17,18)(H2,15,16,19). The summed E-state index contributed by atoms with van der Waals surface area (Å²) < 4.78 is 23.6. The third-order valence-electron chi connectivity index (χ3n) is 2.34. The topological polar surface area (TPSA) is 78.4 Å². The van der Waals surface area contributed by atoms with Crippen LogP contribution in [0.1, 0.15) is 15.9 Å². The highest BCUT2D eigenvalue weighted by Crippen LogP contribution is 2.08. The van der Waals surface area contributed by atoms with E-state index in [0.717, 1.165) is 0 Å². The van der Waals surface area contributed by atoms with E-state index < -0.39 is 25.0 Å². The molecular weight excluding hydrogens is 258 g/mol. The van der Waals surface area contributed by atoms with Gasteiger partial charge in [0.05, 0.1) is 12.1 Å². The average molecular weight is 272 g/mol. The van der Waals surface area contributed by atoms with Gasteiger partial charge in [-0.1, -0.05) is 18.2 Å². The second-order valence-corrected chi connectivity index (χ2v) is 3.74. The van der Waals surface area contributed by atoms with Crippen LogP contribution >= 0.6 is 0 Å². The minimum absolute atomic E-state index is 0.164. The van der Waals surface area contributed by atoms with E-state index in [9.17, 15) is 18.4 Å². The summed E-state index contributed by atoms with van der Waals surface area (Å²) in [7, 11) is 0. The Balaban J connectivity index is 2.41. The third kappa shape index (κ3) is 5.33. The maximum absolute atomic E-state index is 11.8. The summed E-state index contributed by atoms with van der Waals surface area (Å²) in [6, 6.07) is 5.71. The van der Waals surface area contributed by atoms with E-state index in [4.69, 9.17) is 5.11 Å². The zero-order chi connectivity index (χ0) is 14.3. The van der Waals surface area contributed by atoms with Crippen LogP contribution in [-0.2, 0) is 6.42 Å². The van der Waals surface area contributed by atoms with E-state index in [-0.39, 0.29) is 12.1 Å². The minimum atomic E-state index is -2.60. The molecule has 0 radical (unpaired) electrons. The first-order valence-electron chi connectivity index (χ1n) is 5.61. The number of benzene rings is 1. The van der Waals surface area contributed by atoms with Crippen molar-refractivity contribution in [2.24, 2.45) is 0 Å². The van der Waals surface area contributed by atoms with Gasteiger partial charge >= 0.3 is 12.0 Å². The summed E-state index contributed by atoms with van der Waals surface area (Å²) >= 11 is 0. The summed E-state index contributed by atoms with van der Waals surface area (Å²) in [6.45, 7) is -0.545. The van der Waals surface area contributed by atoms with Crippen LogP contribution in [-0.4, -0.2) is 36.6 Å². The Morgan fingerprint density at radius 3 is 2.53 bits per heavy atom. The van der Waals surface area contributed by atoms with Gasteiger partial charge in [0.1, 0.15) is 0 Å². The Hall–Kier alpha value is -2.18. The molecule has 5 nitrogen and oxygen atoms in total. The highest BCUT2D eigenvalue weighted by molar-refractivity contribution is 5.89. The number of hydrogen-bond donors (Lipinski definition) is 3. The predicted molar refractivity (Wildman–Crippen MR) is 64.5 cm³/mol. The quantitative estimate of drug-likeness (QED) is 0.734. The first kappa shape index (κ1) is 14.9. The molecule has 0 spiro atoms. The van der Waals surface area contributed by atoms with Gasteiger partial charge in [-0.05, 0) is 18.1 Å². The van der Waals surface area contributed by atoms with E-state index in [2.05, 4.69) is 5.32 Å². The van der Waals surface area contributed by atoms with Crippen LogP contribution in [0, 0.1) is 0 Å². The van der Waals surface area contributed by atoms with Gasteiger partial charge in [0.15, 0.2) is 0 Å². The molecule has 0 aromatic heterocycles. The van der Waals surface area contributed by atoms with Crippen molar-refractivity contribution in [2.45, 2.75) is 12.8 Å². The zero-order valence-corrected chi connectivity index (χ0v) is 10.0. The summed E-state index contributed by atoms with van der Waals surface area (Å²) in [4.78, 5) is 22.0. The smallest absolute Gasteiger partial charge is 0.335 e. The van der Waals surface area contributed by atoms with Crippen molar-refractivity contribution in [3.63, 3.8) is 0 Å². The Bertz CT molecular complexity index is 452. The number of nitrogens with one attached hydrogen (secondary N) is 2. The van der Waals surface area contributed by atoms with Gasteiger partial charge < -0.3 is 15.7 Å². The molecule has 0 saturated heterocycles. The molecule has 3 N–H and O–H groups in total. The number of halogens is 2. The largest absolute Gasteiger partial charge is 0.478 e. The number of hydrogen-bond acceptors (Lipinski definition) is 2. The Labute approximate surface area is 108 Å². The highest BCUT2D eigenvalue weighted by atomic mass is 19.3. The second kappa shape index (κ2) is 7.30. The van der Waals surface area contributed by atoms with E-state index >= 15 is 0 Å². The van der Waals surface area contributed by atoms with Crippen LogP contribution in [0.25, 0.3) is 0 Å². The molecule has 0 unspecified atom stereocenters. The van der Waals surface area contributed by atoms with Crippen molar-refractivity contribution in [1.29, 1.82) is 0 Å². The van der Waals surface area contributed by atoms with Crippen molar-refractivity contribution < 1.29 is 23.5 Å². The number of aromatic carboxylic acids is 1. The molecule has 7 heteroatoms. The predicted octanol–water partition coefficient (Wildman–Crippen LogP) is 1.49. The second-order valence-electron chi connectivity index (χ2n) is 3.74. The Kier molecular flexibility index (Phi) is 5.72. The molecule has 0 saturated carbocycles. The fraction of sp³-hybridized carbons (Fsp3) is 0.333. The van der Waals surface area contributed by atoms with Crippen LogP contribution < -0.4 is 10.6 Å². The number of alkyl halides is 2. The first-order valence-corrected chi connectivity index (χ1v) is 5.61. The lowest BCUT2D eigenvalue weighted by atomic mass is 10.0. The molecule has 0 atom stereocenters. The van der Waals surface area contributed by atoms with Gasteiger partial charge in [0.2, 0.25) is 0 Å². The fourth-order valence-corrected chi connectivity index (χ4v) is 1.49. The van der Waals surface area contributed by atoms with Gasteiger partial charge in [-0.25, -0.2) is 18.4 Å². The van der Waals surface area contributed by atoms with E-state index in [1.807, 2.05) is 5.32 Å². The molecular formula is C12H14F2N2O3. The van der Waals surface area contributed by atoms with Crippen molar-refractivity contribution in [3.8, 4) is 0 Å². The fourth-order valence-electron chi connectivity index (χ4n) is 1.49. The molecule has 0 aliphatic heterocycles. The van der Waals surface area contributed by atoms with Crippen LogP contribution in [0.2, 0.25) is 0 Å².